The predicted octanol–water partition coefficient (Wildman–Crippen LogP) is 5.84. The van der Waals surface area contributed by atoms with Crippen molar-refractivity contribution in [2.45, 2.75) is 78.0 Å². The van der Waals surface area contributed by atoms with E-state index in [0.29, 0.717) is 18.4 Å². The van der Waals surface area contributed by atoms with E-state index in [1.165, 1.54) is 24.3 Å². The van der Waals surface area contributed by atoms with Crippen LogP contribution in [0.1, 0.15) is 60.3 Å². The van der Waals surface area contributed by atoms with E-state index in [9.17, 15) is 18.4 Å². The molecule has 0 saturated heterocycles. The van der Waals surface area contributed by atoms with Crippen LogP contribution < -0.4 is 15.4 Å². The number of benzene rings is 1. The zero-order valence-electron chi connectivity index (χ0n) is 20.8. The Morgan fingerprint density at radius 1 is 1.11 bits per heavy atom. The largest absolute Gasteiger partial charge is 0.490 e. The highest BCUT2D eigenvalue weighted by atomic mass is 19.1. The Labute approximate surface area is 204 Å². The average Bonchev–Trinajstić information content (AvgIpc) is 2.74. The van der Waals surface area contributed by atoms with E-state index in [1.54, 1.807) is 34.6 Å². The lowest BCUT2D eigenvalue weighted by Gasteiger charge is -2.30. The summed E-state index contributed by atoms with van der Waals surface area (Å²) in [5, 5.41) is 5.59. The number of hydrogen-bond donors (Lipinski definition) is 2. The maximum absolute atomic E-state index is 14.7. The maximum Gasteiger partial charge on any atom is 0.407 e. The van der Waals surface area contributed by atoms with Crippen molar-refractivity contribution in [2.24, 2.45) is 5.92 Å². The number of aromatic nitrogens is 1. The van der Waals surface area contributed by atoms with Gasteiger partial charge in [-0.05, 0) is 72.1 Å². The van der Waals surface area contributed by atoms with Crippen LogP contribution in [-0.4, -0.2) is 34.7 Å². The van der Waals surface area contributed by atoms with E-state index in [2.05, 4.69) is 15.6 Å². The number of amides is 2. The van der Waals surface area contributed by atoms with Crippen LogP contribution >= 0.6 is 0 Å². The Bertz CT molecular complexity index is 1070. The normalized spacial score (nSPS) is 18.2. The highest BCUT2D eigenvalue weighted by molar-refractivity contribution is 5.92. The third-order valence-electron chi connectivity index (χ3n) is 5.47. The zero-order chi connectivity index (χ0) is 25.8. The van der Waals surface area contributed by atoms with Crippen LogP contribution in [0, 0.1) is 17.6 Å². The minimum Gasteiger partial charge on any atom is -0.490 e. The Morgan fingerprint density at radius 2 is 1.86 bits per heavy atom. The van der Waals surface area contributed by atoms with Crippen LogP contribution in [0.25, 0.3) is 11.1 Å². The van der Waals surface area contributed by atoms with E-state index in [0.717, 1.165) is 19.0 Å². The minimum atomic E-state index is -0.623. The molecule has 35 heavy (non-hydrogen) atoms. The lowest BCUT2D eigenvalue weighted by atomic mass is 9.85. The molecule has 2 N–H and O–H groups in total. The molecule has 0 aliphatic heterocycles. The molecule has 3 rings (SSSR count). The molecule has 7 nitrogen and oxygen atoms in total. The molecule has 1 aromatic heterocycles. The molecule has 9 heteroatoms. The van der Waals surface area contributed by atoms with Crippen molar-refractivity contribution < 1.29 is 27.8 Å². The highest BCUT2D eigenvalue weighted by Gasteiger charge is 2.30. The van der Waals surface area contributed by atoms with Crippen LogP contribution in [0.2, 0.25) is 0 Å². The van der Waals surface area contributed by atoms with E-state index in [4.69, 9.17) is 9.47 Å². The van der Waals surface area contributed by atoms with E-state index in [1.807, 2.05) is 0 Å². The number of halogens is 2. The quantitative estimate of drug-likeness (QED) is 0.532. The van der Waals surface area contributed by atoms with Crippen molar-refractivity contribution in [3.63, 3.8) is 0 Å². The maximum atomic E-state index is 14.7. The summed E-state index contributed by atoms with van der Waals surface area (Å²) in [4.78, 5) is 29.1. The molecule has 2 amide bonds. The SMILES string of the molecule is CC(C)Oc1cc(F)ccc1-c1cc(NC(=O)[C@H]2CCCC(NC(=O)OC(C)(C)C)C2)ncc1F. The van der Waals surface area contributed by atoms with Crippen LogP contribution in [0.5, 0.6) is 5.75 Å². The Balaban J connectivity index is 1.72. The van der Waals surface area contributed by atoms with E-state index >= 15 is 0 Å². The predicted molar refractivity (Wildman–Crippen MR) is 129 cm³/mol. The fourth-order valence-electron chi connectivity index (χ4n) is 4.05. The molecule has 1 aliphatic rings. The van der Waals surface area contributed by atoms with Crippen LogP contribution in [0.15, 0.2) is 30.5 Å². The van der Waals surface area contributed by atoms with Gasteiger partial charge in [0.2, 0.25) is 5.91 Å². The van der Waals surface area contributed by atoms with Crippen LogP contribution in [0.4, 0.5) is 19.4 Å². The van der Waals surface area contributed by atoms with Gasteiger partial charge in [-0.15, -0.1) is 0 Å². The fraction of sp³-hybridized carbons (Fsp3) is 0.500. The van der Waals surface area contributed by atoms with E-state index < -0.39 is 23.3 Å². The molecule has 2 aromatic rings. The second kappa shape index (κ2) is 11.0. The van der Waals surface area contributed by atoms with Crippen molar-refractivity contribution in [2.75, 3.05) is 5.32 Å². The molecule has 0 spiro atoms. The molecule has 1 aromatic carbocycles. The minimum absolute atomic E-state index is 0.138. The average molecular weight is 490 g/mol. The monoisotopic (exact) mass is 489 g/mol. The number of nitrogens with one attached hydrogen (secondary N) is 2. The van der Waals surface area contributed by atoms with Gasteiger partial charge in [-0.1, -0.05) is 6.42 Å². The van der Waals surface area contributed by atoms with Gasteiger partial charge < -0.3 is 20.1 Å². The molecule has 1 saturated carbocycles. The van der Waals surface area contributed by atoms with Gasteiger partial charge in [-0.25, -0.2) is 18.6 Å². The fourth-order valence-corrected chi connectivity index (χ4v) is 4.05. The van der Waals surface area contributed by atoms with Gasteiger partial charge in [0, 0.05) is 29.2 Å². The second-order valence-corrected chi connectivity index (χ2v) is 10.1. The van der Waals surface area contributed by atoms with Crippen molar-refractivity contribution in [1.82, 2.24) is 10.3 Å². The third kappa shape index (κ3) is 7.63. The molecule has 0 radical (unpaired) electrons. The van der Waals surface area contributed by atoms with Gasteiger partial charge in [0.25, 0.3) is 0 Å². The van der Waals surface area contributed by atoms with Crippen molar-refractivity contribution in [3.8, 4) is 16.9 Å². The number of nitrogens with zero attached hydrogens (tertiary/aromatic N) is 1. The summed E-state index contributed by atoms with van der Waals surface area (Å²) in [5.74, 6) is -1.35. The molecule has 190 valence electrons. The van der Waals surface area contributed by atoms with Crippen LogP contribution in [0.3, 0.4) is 0 Å². The lowest BCUT2D eigenvalue weighted by molar-refractivity contribution is -0.121. The standard InChI is InChI=1S/C26H33F2N3O4/c1-15(2)34-22-12-17(27)9-10-19(22)20-13-23(29-14-21(20)28)31-24(32)16-7-6-8-18(11-16)30-25(33)35-26(3,4)5/h9-10,12-16,18H,6-8,11H2,1-5H3,(H,30,33)(H,29,31,32)/t16-,18?/m0/s1. The number of carbonyl (C=O) groups excluding carboxylic acids is 2. The van der Waals surface area contributed by atoms with Crippen molar-refractivity contribution in [1.29, 1.82) is 0 Å². The molecule has 1 unspecified atom stereocenters. The molecule has 1 fully saturated rings. The molecular formula is C26H33F2N3O4. The topological polar surface area (TPSA) is 89.6 Å². The van der Waals surface area contributed by atoms with Gasteiger partial charge in [-0.3, -0.25) is 4.79 Å². The molecule has 1 heterocycles. The molecular weight excluding hydrogens is 456 g/mol. The first-order valence-electron chi connectivity index (χ1n) is 11.8. The van der Waals surface area contributed by atoms with Gasteiger partial charge in [0.15, 0.2) is 0 Å². The number of rotatable bonds is 6. The molecule has 2 atom stereocenters. The van der Waals surface area contributed by atoms with Gasteiger partial charge in [-0.2, -0.15) is 0 Å². The zero-order valence-corrected chi connectivity index (χ0v) is 20.8. The summed E-state index contributed by atoms with van der Waals surface area (Å²) in [6.07, 6.45) is 2.92. The number of pyridine rings is 1. The smallest absolute Gasteiger partial charge is 0.407 e. The third-order valence-corrected chi connectivity index (χ3v) is 5.47. The summed E-state index contributed by atoms with van der Waals surface area (Å²) in [6, 6.07) is 5.09. The second-order valence-electron chi connectivity index (χ2n) is 10.1. The summed E-state index contributed by atoms with van der Waals surface area (Å²) >= 11 is 0. The first-order valence-corrected chi connectivity index (χ1v) is 11.8. The summed E-state index contributed by atoms with van der Waals surface area (Å²) in [5.41, 5.74) is -0.111. The Kier molecular flexibility index (Phi) is 8.30. The van der Waals surface area contributed by atoms with Crippen LogP contribution in [-0.2, 0) is 9.53 Å². The first kappa shape index (κ1) is 26.4. The van der Waals surface area contributed by atoms with Crippen molar-refractivity contribution in [3.05, 3.63) is 42.1 Å². The van der Waals surface area contributed by atoms with Gasteiger partial charge >= 0.3 is 6.09 Å². The lowest BCUT2D eigenvalue weighted by Crippen LogP contribution is -2.43. The van der Waals surface area contributed by atoms with Gasteiger partial charge in [0.05, 0.1) is 12.3 Å². The number of carbonyl (C=O) groups is 2. The number of anilines is 1. The molecule has 1 aliphatic carbocycles. The Morgan fingerprint density at radius 3 is 2.54 bits per heavy atom. The summed E-state index contributed by atoms with van der Waals surface area (Å²) in [6.45, 7) is 8.95. The van der Waals surface area contributed by atoms with E-state index in [-0.39, 0.29) is 41.1 Å². The van der Waals surface area contributed by atoms with Crippen molar-refractivity contribution >= 4 is 17.8 Å². The summed E-state index contributed by atoms with van der Waals surface area (Å²) in [7, 11) is 0. The number of alkyl carbamates (subject to hydrolysis) is 1. The molecule has 0 bridgehead atoms. The number of ether oxygens (including phenoxy) is 2. The van der Waals surface area contributed by atoms with Gasteiger partial charge in [0.1, 0.15) is 28.8 Å². The first-order chi connectivity index (χ1) is 16.4. The summed E-state index contributed by atoms with van der Waals surface area (Å²) < 4.78 is 39.4. The number of hydrogen-bond acceptors (Lipinski definition) is 5. The highest BCUT2D eigenvalue weighted by Crippen LogP contribution is 2.34. The Hall–Kier alpha value is -3.23.